The van der Waals surface area contributed by atoms with Gasteiger partial charge in [-0.1, -0.05) is 37.2 Å². The van der Waals surface area contributed by atoms with Crippen molar-refractivity contribution in [2.24, 2.45) is 0 Å². The van der Waals surface area contributed by atoms with Crippen LogP contribution in [0.2, 0.25) is 0 Å². The van der Waals surface area contributed by atoms with Crippen LogP contribution >= 0.6 is 0 Å². The van der Waals surface area contributed by atoms with Gasteiger partial charge in [0.15, 0.2) is 5.82 Å². The van der Waals surface area contributed by atoms with Gasteiger partial charge in [-0.15, -0.1) is 0 Å². The van der Waals surface area contributed by atoms with Crippen molar-refractivity contribution in [2.45, 2.75) is 39.5 Å². The summed E-state index contributed by atoms with van der Waals surface area (Å²) in [6.07, 6.45) is 2.80. The molecule has 24 heavy (non-hydrogen) atoms. The molecule has 3 rings (SSSR count). The molecule has 0 saturated heterocycles. The lowest BCUT2D eigenvalue weighted by Crippen LogP contribution is -2.27. The van der Waals surface area contributed by atoms with Crippen LogP contribution in [0.3, 0.4) is 0 Å². The molecule has 0 aliphatic carbocycles. The monoisotopic (exact) mass is 326 g/mol. The van der Waals surface area contributed by atoms with Gasteiger partial charge in [-0.2, -0.15) is 4.98 Å². The second kappa shape index (κ2) is 6.86. The van der Waals surface area contributed by atoms with Crippen molar-refractivity contribution >= 4 is 16.8 Å². The average Bonchev–Trinajstić information content (AvgIpc) is 3.16. The molecular weight excluding hydrogens is 304 g/mol. The topological polar surface area (TPSA) is 83.8 Å². The summed E-state index contributed by atoms with van der Waals surface area (Å²) in [5.41, 5.74) is 3.27. The van der Waals surface area contributed by atoms with Gasteiger partial charge in [0.25, 0.3) is 0 Å². The summed E-state index contributed by atoms with van der Waals surface area (Å²) >= 11 is 0. The molecule has 0 radical (unpaired) electrons. The molecule has 0 aliphatic rings. The quantitative estimate of drug-likeness (QED) is 0.729. The lowest BCUT2D eigenvalue weighted by atomic mass is 10.1. The Bertz CT molecular complexity index is 848. The summed E-state index contributed by atoms with van der Waals surface area (Å²) in [6, 6.07) is 6.10. The number of H-pyrrole nitrogens is 1. The number of nitrogens with zero attached hydrogens (tertiary/aromatic N) is 2. The molecule has 1 aromatic carbocycles. The molecule has 0 fully saturated rings. The lowest BCUT2D eigenvalue weighted by molar-refractivity contribution is -0.120. The van der Waals surface area contributed by atoms with Crippen LogP contribution in [0.5, 0.6) is 0 Å². The Morgan fingerprint density at radius 3 is 2.96 bits per heavy atom. The van der Waals surface area contributed by atoms with Gasteiger partial charge in [0, 0.05) is 36.0 Å². The molecular formula is C18H22N4O2. The Labute approximate surface area is 140 Å². The second-order valence-corrected chi connectivity index (χ2v) is 6.29. The summed E-state index contributed by atoms with van der Waals surface area (Å²) in [5, 5.41) is 7.92. The minimum absolute atomic E-state index is 0.0130. The highest BCUT2D eigenvalue weighted by Gasteiger charge is 2.12. The van der Waals surface area contributed by atoms with Crippen LogP contribution in [0.15, 0.2) is 28.9 Å². The first-order valence-corrected chi connectivity index (χ1v) is 8.19. The fraction of sp³-hybridized carbons (Fsp3) is 0.389. The number of aromatic nitrogens is 3. The molecule has 2 N–H and O–H groups in total. The van der Waals surface area contributed by atoms with Crippen LogP contribution in [-0.2, 0) is 17.6 Å². The van der Waals surface area contributed by atoms with Gasteiger partial charge in [-0.05, 0) is 18.1 Å². The smallest absolute Gasteiger partial charge is 0.228 e. The molecule has 1 amide bonds. The number of aromatic amines is 1. The van der Waals surface area contributed by atoms with E-state index in [0.717, 1.165) is 16.5 Å². The number of fused-ring (bicyclic) bond motifs is 1. The normalized spacial score (nSPS) is 11.3. The van der Waals surface area contributed by atoms with E-state index in [9.17, 15) is 4.79 Å². The summed E-state index contributed by atoms with van der Waals surface area (Å²) in [7, 11) is 0. The molecule has 6 heteroatoms. The zero-order valence-corrected chi connectivity index (χ0v) is 14.2. The number of aryl methyl sites for hydroxylation is 1. The summed E-state index contributed by atoms with van der Waals surface area (Å²) < 4.78 is 5.17. The molecule has 0 atom stereocenters. The number of nitrogens with one attached hydrogen (secondary N) is 2. The third kappa shape index (κ3) is 3.48. The SMILES string of the molecule is Cc1cccc2c(CC(=O)NCCc3nc(C(C)C)no3)c[nH]c12. The van der Waals surface area contributed by atoms with Crippen LogP contribution in [0.1, 0.15) is 42.6 Å². The number of para-hydroxylation sites is 1. The Hall–Kier alpha value is -2.63. The van der Waals surface area contributed by atoms with Gasteiger partial charge < -0.3 is 14.8 Å². The van der Waals surface area contributed by atoms with E-state index in [1.54, 1.807) is 0 Å². The van der Waals surface area contributed by atoms with E-state index in [2.05, 4.69) is 33.4 Å². The van der Waals surface area contributed by atoms with Gasteiger partial charge in [-0.25, -0.2) is 0 Å². The van der Waals surface area contributed by atoms with E-state index in [1.807, 2.05) is 32.2 Å². The van der Waals surface area contributed by atoms with Gasteiger partial charge in [0.2, 0.25) is 11.8 Å². The molecule has 0 spiro atoms. The fourth-order valence-corrected chi connectivity index (χ4v) is 2.66. The number of carbonyl (C=O) groups is 1. The van der Waals surface area contributed by atoms with Crippen molar-refractivity contribution in [3.05, 3.63) is 47.2 Å². The van der Waals surface area contributed by atoms with Crippen molar-refractivity contribution in [2.75, 3.05) is 6.54 Å². The number of amides is 1. The number of rotatable bonds is 6. The van der Waals surface area contributed by atoms with E-state index >= 15 is 0 Å². The first-order chi connectivity index (χ1) is 11.5. The van der Waals surface area contributed by atoms with Crippen LogP contribution in [0, 0.1) is 6.92 Å². The minimum atomic E-state index is -0.0130. The van der Waals surface area contributed by atoms with E-state index in [1.165, 1.54) is 5.56 Å². The molecule has 6 nitrogen and oxygen atoms in total. The van der Waals surface area contributed by atoms with Crippen molar-refractivity contribution in [3.63, 3.8) is 0 Å². The van der Waals surface area contributed by atoms with Gasteiger partial charge in [0.05, 0.1) is 6.42 Å². The van der Waals surface area contributed by atoms with E-state index < -0.39 is 0 Å². The van der Waals surface area contributed by atoms with Gasteiger partial charge >= 0.3 is 0 Å². The zero-order valence-electron chi connectivity index (χ0n) is 14.2. The maximum Gasteiger partial charge on any atom is 0.228 e. The Kier molecular flexibility index (Phi) is 4.64. The molecule has 0 unspecified atom stereocenters. The molecule has 0 saturated carbocycles. The number of benzene rings is 1. The maximum absolute atomic E-state index is 12.2. The van der Waals surface area contributed by atoms with Gasteiger partial charge in [0.1, 0.15) is 0 Å². The fourth-order valence-electron chi connectivity index (χ4n) is 2.66. The van der Waals surface area contributed by atoms with Gasteiger partial charge in [-0.3, -0.25) is 4.79 Å². The zero-order chi connectivity index (χ0) is 17.1. The second-order valence-electron chi connectivity index (χ2n) is 6.29. The van der Waals surface area contributed by atoms with Crippen molar-refractivity contribution < 1.29 is 9.32 Å². The first kappa shape index (κ1) is 16.2. The number of carbonyl (C=O) groups excluding carboxylic acids is 1. The molecule has 3 aromatic rings. The van der Waals surface area contributed by atoms with Crippen LogP contribution < -0.4 is 5.32 Å². The third-order valence-electron chi connectivity index (χ3n) is 4.02. The Morgan fingerprint density at radius 1 is 1.38 bits per heavy atom. The molecule has 2 heterocycles. The predicted molar refractivity (Wildman–Crippen MR) is 91.8 cm³/mol. The standard InChI is InChI=1S/C18H22N4O2/c1-11(2)18-21-16(24-22-18)7-8-19-15(23)9-13-10-20-17-12(3)5-4-6-14(13)17/h4-6,10-11,20H,7-9H2,1-3H3,(H,19,23). The number of hydrogen-bond donors (Lipinski definition) is 2. The first-order valence-electron chi connectivity index (χ1n) is 8.19. The molecule has 0 aliphatic heterocycles. The predicted octanol–water partition coefficient (Wildman–Crippen LogP) is 2.88. The van der Waals surface area contributed by atoms with E-state index in [4.69, 9.17) is 4.52 Å². The third-order valence-corrected chi connectivity index (χ3v) is 4.02. The number of hydrogen-bond acceptors (Lipinski definition) is 4. The van der Waals surface area contributed by atoms with Crippen molar-refractivity contribution in [1.29, 1.82) is 0 Å². The molecule has 2 aromatic heterocycles. The summed E-state index contributed by atoms with van der Waals surface area (Å²) in [4.78, 5) is 19.7. The highest BCUT2D eigenvalue weighted by atomic mass is 16.5. The van der Waals surface area contributed by atoms with Crippen LogP contribution in [0.4, 0.5) is 0 Å². The largest absolute Gasteiger partial charge is 0.361 e. The summed E-state index contributed by atoms with van der Waals surface area (Å²) in [5.74, 6) is 1.48. The summed E-state index contributed by atoms with van der Waals surface area (Å²) in [6.45, 7) is 6.57. The molecule has 126 valence electrons. The van der Waals surface area contributed by atoms with E-state index in [-0.39, 0.29) is 11.8 Å². The highest BCUT2D eigenvalue weighted by Crippen LogP contribution is 2.21. The van der Waals surface area contributed by atoms with Crippen LogP contribution in [-0.4, -0.2) is 27.6 Å². The Morgan fingerprint density at radius 2 is 2.21 bits per heavy atom. The van der Waals surface area contributed by atoms with Crippen molar-refractivity contribution in [1.82, 2.24) is 20.4 Å². The maximum atomic E-state index is 12.2. The van der Waals surface area contributed by atoms with E-state index in [0.29, 0.717) is 31.1 Å². The minimum Gasteiger partial charge on any atom is -0.361 e. The van der Waals surface area contributed by atoms with Crippen molar-refractivity contribution in [3.8, 4) is 0 Å². The lowest BCUT2D eigenvalue weighted by Gasteiger charge is -2.03. The Balaban J connectivity index is 1.54. The average molecular weight is 326 g/mol. The highest BCUT2D eigenvalue weighted by molar-refractivity contribution is 5.90. The molecule has 0 bridgehead atoms. The van der Waals surface area contributed by atoms with Crippen LogP contribution in [0.25, 0.3) is 10.9 Å².